The summed E-state index contributed by atoms with van der Waals surface area (Å²) in [5.41, 5.74) is 11.5. The molecule has 8 aromatic carbocycles. The van der Waals surface area contributed by atoms with Gasteiger partial charge in [-0.3, -0.25) is 0 Å². The van der Waals surface area contributed by atoms with Gasteiger partial charge in [0.2, 0.25) is 11.8 Å². The van der Waals surface area contributed by atoms with Crippen LogP contribution < -0.4 is 9.47 Å². The Balaban J connectivity index is 1.01. The van der Waals surface area contributed by atoms with E-state index in [0.717, 1.165) is 99.8 Å². The van der Waals surface area contributed by atoms with Crippen LogP contribution in [0, 0.1) is 0 Å². The molecule has 0 spiro atoms. The van der Waals surface area contributed by atoms with Crippen molar-refractivity contribution in [1.29, 1.82) is 0 Å². The summed E-state index contributed by atoms with van der Waals surface area (Å²) >= 11 is 0. The van der Waals surface area contributed by atoms with Gasteiger partial charge in [-0.15, -0.1) is 0 Å². The summed E-state index contributed by atoms with van der Waals surface area (Å²) in [7, 11) is 3.44. The van der Waals surface area contributed by atoms with Gasteiger partial charge in [-0.1, -0.05) is 84.9 Å². The number of oxazole rings is 2. The second-order valence-corrected chi connectivity index (χ2v) is 13.3. The van der Waals surface area contributed by atoms with Crippen molar-refractivity contribution in [3.8, 4) is 67.8 Å². The summed E-state index contributed by atoms with van der Waals surface area (Å²) in [4.78, 5) is 9.33. The van der Waals surface area contributed by atoms with Gasteiger partial charge in [0.05, 0.1) is 14.2 Å². The monoisotopic (exact) mass is 700 g/mol. The lowest BCUT2D eigenvalue weighted by molar-refractivity contribution is 0.411. The van der Waals surface area contributed by atoms with E-state index < -0.39 is 0 Å². The van der Waals surface area contributed by atoms with Gasteiger partial charge < -0.3 is 18.3 Å². The van der Waals surface area contributed by atoms with E-state index in [1.54, 1.807) is 14.2 Å². The molecule has 6 heteroatoms. The highest BCUT2D eigenvalue weighted by molar-refractivity contribution is 6.11. The number of fused-ring (bicyclic) bond motifs is 4. The summed E-state index contributed by atoms with van der Waals surface area (Å²) in [6.45, 7) is 0. The number of nitrogens with zero attached hydrogens (tertiary/aromatic N) is 2. The molecule has 0 radical (unpaired) electrons. The molecule has 0 amide bonds. The Hall–Kier alpha value is -7.18. The Morgan fingerprint density at radius 3 is 1.19 bits per heavy atom. The van der Waals surface area contributed by atoms with Crippen LogP contribution in [0.4, 0.5) is 0 Å². The Morgan fingerprint density at radius 2 is 0.778 bits per heavy atom. The van der Waals surface area contributed by atoms with Crippen molar-refractivity contribution in [3.05, 3.63) is 158 Å². The minimum Gasteiger partial charge on any atom is -0.496 e. The zero-order chi connectivity index (χ0) is 36.2. The molecule has 0 saturated heterocycles. The minimum absolute atomic E-state index is 0.614. The van der Waals surface area contributed by atoms with Gasteiger partial charge in [0.15, 0.2) is 11.2 Å². The molecule has 54 heavy (non-hydrogen) atoms. The zero-order valence-corrected chi connectivity index (χ0v) is 29.5. The van der Waals surface area contributed by atoms with E-state index in [1.807, 2.05) is 60.7 Å². The van der Waals surface area contributed by atoms with Gasteiger partial charge in [0, 0.05) is 22.3 Å². The second-order valence-electron chi connectivity index (χ2n) is 13.3. The van der Waals surface area contributed by atoms with E-state index in [9.17, 15) is 0 Å². The molecule has 2 heterocycles. The summed E-state index contributed by atoms with van der Waals surface area (Å²) in [6.07, 6.45) is 0. The van der Waals surface area contributed by atoms with Crippen LogP contribution in [0.5, 0.6) is 11.5 Å². The number of methoxy groups -OCH3 is 2. The molecule has 0 atom stereocenters. The van der Waals surface area contributed by atoms with Crippen molar-refractivity contribution in [1.82, 2.24) is 9.97 Å². The lowest BCUT2D eigenvalue weighted by Gasteiger charge is -2.18. The molecule has 0 unspecified atom stereocenters. The molecular weight excluding hydrogens is 669 g/mol. The SMILES string of the molecule is COc1ccc2cc(-c3ccc(-c4nc5ccccc5o4)cc3)ccc2c1-c1c(OC)ccc2cc(-c3ccc(-c4nc5ccccc5o4)cc3)ccc12. The number of hydrogen-bond acceptors (Lipinski definition) is 6. The number of rotatable bonds is 7. The molecule has 10 aromatic rings. The summed E-state index contributed by atoms with van der Waals surface area (Å²) in [5.74, 6) is 2.79. The number of hydrogen-bond donors (Lipinski definition) is 0. The van der Waals surface area contributed by atoms with Crippen LogP contribution in [0.3, 0.4) is 0 Å². The molecule has 6 nitrogen and oxygen atoms in total. The molecule has 0 aliphatic rings. The first kappa shape index (κ1) is 31.5. The summed E-state index contributed by atoms with van der Waals surface area (Å²) < 4.78 is 24.1. The predicted molar refractivity (Wildman–Crippen MR) is 217 cm³/mol. The largest absolute Gasteiger partial charge is 0.496 e. The lowest BCUT2D eigenvalue weighted by Crippen LogP contribution is -1.95. The van der Waals surface area contributed by atoms with Crippen LogP contribution >= 0.6 is 0 Å². The fourth-order valence-electron chi connectivity index (χ4n) is 7.44. The van der Waals surface area contributed by atoms with E-state index in [4.69, 9.17) is 18.3 Å². The van der Waals surface area contributed by atoms with Crippen LogP contribution in [0.1, 0.15) is 0 Å². The smallest absolute Gasteiger partial charge is 0.227 e. The third-order valence-corrected chi connectivity index (χ3v) is 10.2. The first-order valence-electron chi connectivity index (χ1n) is 17.8. The minimum atomic E-state index is 0.614. The Morgan fingerprint density at radius 1 is 0.389 bits per heavy atom. The van der Waals surface area contributed by atoms with E-state index in [2.05, 4.69) is 107 Å². The molecule has 10 rings (SSSR count). The molecule has 0 saturated carbocycles. The molecule has 0 fully saturated rings. The maximum Gasteiger partial charge on any atom is 0.227 e. The Labute approximate surface area is 310 Å². The topological polar surface area (TPSA) is 70.5 Å². The van der Waals surface area contributed by atoms with E-state index in [0.29, 0.717) is 11.8 Å². The molecule has 0 aliphatic heterocycles. The average molecular weight is 701 g/mol. The number of ether oxygens (including phenoxy) is 2. The van der Waals surface area contributed by atoms with Crippen molar-refractivity contribution in [3.63, 3.8) is 0 Å². The fraction of sp³-hybridized carbons (Fsp3) is 0.0417. The van der Waals surface area contributed by atoms with Crippen LogP contribution in [0.25, 0.3) is 100 Å². The second kappa shape index (κ2) is 12.8. The number of aromatic nitrogens is 2. The summed E-state index contributed by atoms with van der Waals surface area (Å²) in [6, 6.07) is 53.8. The molecule has 0 N–H and O–H groups in total. The highest BCUT2D eigenvalue weighted by Gasteiger charge is 2.20. The number of benzene rings is 8. The molecule has 0 aliphatic carbocycles. The molecule has 0 bridgehead atoms. The quantitative estimate of drug-likeness (QED) is 0.165. The molecule has 2 aromatic heterocycles. The lowest BCUT2D eigenvalue weighted by atomic mass is 9.90. The van der Waals surface area contributed by atoms with Crippen molar-refractivity contribution in [2.75, 3.05) is 14.2 Å². The Kier molecular flexibility index (Phi) is 7.47. The van der Waals surface area contributed by atoms with E-state index in [-0.39, 0.29) is 0 Å². The number of para-hydroxylation sites is 4. The van der Waals surface area contributed by atoms with E-state index >= 15 is 0 Å². The van der Waals surface area contributed by atoms with Gasteiger partial charge in [0.25, 0.3) is 0 Å². The fourth-order valence-corrected chi connectivity index (χ4v) is 7.44. The van der Waals surface area contributed by atoms with Crippen LogP contribution in [-0.4, -0.2) is 24.2 Å². The van der Waals surface area contributed by atoms with Crippen molar-refractivity contribution >= 4 is 43.7 Å². The molecular formula is C48H32N2O4. The normalized spacial score (nSPS) is 11.5. The first-order chi connectivity index (χ1) is 26.6. The first-order valence-corrected chi connectivity index (χ1v) is 17.8. The maximum absolute atomic E-state index is 6.02. The maximum atomic E-state index is 6.02. The highest BCUT2D eigenvalue weighted by Crippen LogP contribution is 2.46. The van der Waals surface area contributed by atoms with Crippen LogP contribution in [0.15, 0.2) is 167 Å². The van der Waals surface area contributed by atoms with Crippen LogP contribution in [0.2, 0.25) is 0 Å². The summed E-state index contributed by atoms with van der Waals surface area (Å²) in [5, 5.41) is 4.35. The van der Waals surface area contributed by atoms with Gasteiger partial charge in [-0.25, -0.2) is 9.97 Å². The third kappa shape index (κ3) is 5.35. The van der Waals surface area contributed by atoms with Crippen LogP contribution in [-0.2, 0) is 0 Å². The van der Waals surface area contributed by atoms with E-state index in [1.165, 1.54) is 0 Å². The zero-order valence-electron chi connectivity index (χ0n) is 29.5. The third-order valence-electron chi connectivity index (χ3n) is 10.2. The van der Waals surface area contributed by atoms with Gasteiger partial charge in [-0.2, -0.15) is 0 Å². The molecule has 258 valence electrons. The Bertz CT molecular complexity index is 2740. The standard InChI is InChI=1S/C48H32N2O4/c1-51-43-25-21-35-27-33(29-11-15-31(16-12-29)47-49-39-7-3-5-9-41(39)53-47)19-23-37(35)45(43)46-38-24-20-34(28-36(38)22-26-44(46)52-2)30-13-17-32(18-14-30)48-50-40-8-4-6-10-42(40)54-48/h3-28H,1-2H3. The predicted octanol–water partition coefficient (Wildman–Crippen LogP) is 12.6. The van der Waals surface area contributed by atoms with Crippen molar-refractivity contribution in [2.45, 2.75) is 0 Å². The highest BCUT2D eigenvalue weighted by atomic mass is 16.5. The van der Waals surface area contributed by atoms with Gasteiger partial charge >= 0.3 is 0 Å². The van der Waals surface area contributed by atoms with Gasteiger partial charge in [-0.05, 0) is 117 Å². The van der Waals surface area contributed by atoms with Crippen molar-refractivity contribution < 1.29 is 18.3 Å². The van der Waals surface area contributed by atoms with Crippen molar-refractivity contribution in [2.24, 2.45) is 0 Å². The average Bonchev–Trinajstić information content (AvgIpc) is 3.88. The van der Waals surface area contributed by atoms with Gasteiger partial charge in [0.1, 0.15) is 22.5 Å².